The van der Waals surface area contributed by atoms with Gasteiger partial charge >= 0.3 is 0 Å². The maximum Gasteiger partial charge on any atom is 0.271 e. The summed E-state index contributed by atoms with van der Waals surface area (Å²) in [5.74, 6) is 0.0240. The zero-order valence-electron chi connectivity index (χ0n) is 12.7. The number of nitrogens with one attached hydrogen (secondary N) is 1. The Morgan fingerprint density at radius 1 is 1.29 bits per heavy atom. The fourth-order valence-corrected chi connectivity index (χ4v) is 3.88. The van der Waals surface area contributed by atoms with Crippen molar-refractivity contribution in [1.29, 1.82) is 0 Å². The van der Waals surface area contributed by atoms with Gasteiger partial charge < -0.3 is 0 Å². The Kier molecular flexibility index (Phi) is 3.15. The van der Waals surface area contributed by atoms with Crippen molar-refractivity contribution in [3.05, 3.63) is 35.6 Å². The molecular formula is C17H21FN2O. The molecular weight excluding hydrogens is 267 g/mol. The largest absolute Gasteiger partial charge is 0.271 e. The Bertz CT molecular complexity index is 606. The second kappa shape index (κ2) is 4.65. The standard InChI is InChI=1S/C17H21FN2O/c1-16(2)12-8-9-17(16,3)14(10-12)19-20-15(21)11-4-6-13(18)7-5-11/h4-7,12H,8-10H2,1-3H3,(H,20,21)/b19-14+/t12-,17-/m0/s1. The quantitative estimate of drug-likeness (QED) is 0.827. The van der Waals surface area contributed by atoms with Crippen molar-refractivity contribution in [1.82, 2.24) is 5.43 Å². The number of hydrazone groups is 1. The fourth-order valence-electron chi connectivity index (χ4n) is 3.88. The fraction of sp³-hybridized carbons (Fsp3) is 0.529. The van der Waals surface area contributed by atoms with E-state index in [0.29, 0.717) is 11.5 Å². The van der Waals surface area contributed by atoms with E-state index in [-0.39, 0.29) is 22.6 Å². The van der Waals surface area contributed by atoms with Crippen molar-refractivity contribution in [2.45, 2.75) is 40.0 Å². The van der Waals surface area contributed by atoms with Crippen LogP contribution in [0, 0.1) is 22.6 Å². The van der Waals surface area contributed by atoms with E-state index >= 15 is 0 Å². The van der Waals surface area contributed by atoms with Gasteiger partial charge in [0.25, 0.3) is 5.91 Å². The summed E-state index contributed by atoms with van der Waals surface area (Å²) in [6, 6.07) is 5.50. The topological polar surface area (TPSA) is 41.5 Å². The molecule has 21 heavy (non-hydrogen) atoms. The van der Waals surface area contributed by atoms with Gasteiger partial charge in [-0.1, -0.05) is 20.8 Å². The summed E-state index contributed by atoms with van der Waals surface area (Å²) in [6.45, 7) is 6.85. The number of amides is 1. The van der Waals surface area contributed by atoms with Crippen molar-refractivity contribution in [2.75, 3.05) is 0 Å². The van der Waals surface area contributed by atoms with Crippen LogP contribution in [0.3, 0.4) is 0 Å². The van der Waals surface area contributed by atoms with E-state index in [4.69, 9.17) is 0 Å². The van der Waals surface area contributed by atoms with Crippen molar-refractivity contribution in [2.24, 2.45) is 21.8 Å². The Morgan fingerprint density at radius 3 is 2.48 bits per heavy atom. The van der Waals surface area contributed by atoms with Gasteiger partial charge in [0.1, 0.15) is 5.82 Å². The number of rotatable bonds is 2. The molecule has 1 aromatic carbocycles. The van der Waals surface area contributed by atoms with Gasteiger partial charge in [0, 0.05) is 16.7 Å². The SMILES string of the molecule is CC1(C)[C@H]2CC[C@@]1(C)/C(=N/NC(=O)c1ccc(F)cc1)C2. The average Bonchev–Trinajstić information content (AvgIpc) is 2.78. The molecule has 2 fully saturated rings. The summed E-state index contributed by atoms with van der Waals surface area (Å²) in [6.07, 6.45) is 3.34. The van der Waals surface area contributed by atoms with E-state index in [0.717, 1.165) is 18.6 Å². The molecule has 2 saturated carbocycles. The highest BCUT2D eigenvalue weighted by atomic mass is 19.1. The van der Waals surface area contributed by atoms with Gasteiger partial charge in [-0.05, 0) is 54.9 Å². The monoisotopic (exact) mass is 288 g/mol. The van der Waals surface area contributed by atoms with E-state index in [1.54, 1.807) is 0 Å². The molecule has 1 N–H and O–H groups in total. The Morgan fingerprint density at radius 2 is 1.95 bits per heavy atom. The maximum absolute atomic E-state index is 12.9. The lowest BCUT2D eigenvalue weighted by Gasteiger charge is -2.34. The minimum absolute atomic E-state index is 0.0771. The third-order valence-electron chi connectivity index (χ3n) is 5.91. The van der Waals surface area contributed by atoms with Crippen LogP contribution in [-0.2, 0) is 0 Å². The molecule has 1 amide bonds. The molecule has 3 rings (SSSR count). The maximum atomic E-state index is 12.9. The summed E-state index contributed by atoms with van der Waals surface area (Å²) in [4.78, 5) is 12.0. The predicted molar refractivity (Wildman–Crippen MR) is 80.5 cm³/mol. The molecule has 0 spiro atoms. The zero-order chi connectivity index (χ0) is 15.3. The van der Waals surface area contributed by atoms with E-state index in [1.165, 1.54) is 30.7 Å². The van der Waals surface area contributed by atoms with Crippen LogP contribution in [0.2, 0.25) is 0 Å². The molecule has 3 nitrogen and oxygen atoms in total. The Hall–Kier alpha value is -1.71. The van der Waals surface area contributed by atoms with Crippen LogP contribution in [0.15, 0.2) is 29.4 Å². The molecule has 1 aromatic rings. The molecule has 2 bridgehead atoms. The van der Waals surface area contributed by atoms with Crippen LogP contribution >= 0.6 is 0 Å². The van der Waals surface area contributed by atoms with Gasteiger partial charge in [0.2, 0.25) is 0 Å². The smallest absolute Gasteiger partial charge is 0.267 e. The lowest BCUT2D eigenvalue weighted by atomic mass is 9.70. The van der Waals surface area contributed by atoms with Crippen molar-refractivity contribution in [3.63, 3.8) is 0 Å². The third-order valence-corrected chi connectivity index (χ3v) is 5.91. The van der Waals surface area contributed by atoms with Crippen LogP contribution in [0.5, 0.6) is 0 Å². The first kappa shape index (κ1) is 14.2. The Labute approximate surface area is 124 Å². The molecule has 2 aliphatic rings. The number of hydrogen-bond donors (Lipinski definition) is 1. The first-order valence-electron chi connectivity index (χ1n) is 7.47. The first-order valence-corrected chi connectivity index (χ1v) is 7.47. The Balaban J connectivity index is 1.76. The van der Waals surface area contributed by atoms with Gasteiger partial charge in [-0.3, -0.25) is 4.79 Å². The summed E-state index contributed by atoms with van der Waals surface area (Å²) in [7, 11) is 0. The summed E-state index contributed by atoms with van der Waals surface area (Å²) < 4.78 is 12.9. The molecule has 0 unspecified atom stereocenters. The van der Waals surface area contributed by atoms with Crippen molar-refractivity contribution >= 4 is 11.6 Å². The molecule has 0 radical (unpaired) electrons. The van der Waals surface area contributed by atoms with Gasteiger partial charge in [0.05, 0.1) is 0 Å². The van der Waals surface area contributed by atoms with E-state index in [1.807, 2.05) is 0 Å². The summed E-state index contributed by atoms with van der Waals surface area (Å²) in [5.41, 5.74) is 4.48. The lowest BCUT2D eigenvalue weighted by molar-refractivity contribution is 0.0954. The lowest BCUT2D eigenvalue weighted by Crippen LogP contribution is -2.34. The van der Waals surface area contributed by atoms with E-state index in [9.17, 15) is 9.18 Å². The second-order valence-corrected chi connectivity index (χ2v) is 7.00. The number of carbonyl (C=O) groups excluding carboxylic acids is 1. The zero-order valence-corrected chi connectivity index (χ0v) is 12.7. The van der Waals surface area contributed by atoms with Crippen LogP contribution in [0.25, 0.3) is 0 Å². The summed E-state index contributed by atoms with van der Waals surface area (Å²) >= 11 is 0. The van der Waals surface area contributed by atoms with Crippen LogP contribution in [0.1, 0.15) is 50.4 Å². The second-order valence-electron chi connectivity index (χ2n) is 7.00. The molecule has 0 saturated heterocycles. The number of carbonyl (C=O) groups is 1. The van der Waals surface area contributed by atoms with Gasteiger partial charge in [-0.25, -0.2) is 9.82 Å². The normalized spacial score (nSPS) is 31.6. The number of fused-ring (bicyclic) bond motifs is 2. The highest BCUT2D eigenvalue weighted by Crippen LogP contribution is 2.63. The molecule has 4 heteroatoms. The molecule has 2 atom stereocenters. The van der Waals surface area contributed by atoms with Gasteiger partial charge in [0.15, 0.2) is 0 Å². The van der Waals surface area contributed by atoms with Crippen molar-refractivity contribution < 1.29 is 9.18 Å². The van der Waals surface area contributed by atoms with Crippen molar-refractivity contribution in [3.8, 4) is 0 Å². The number of halogens is 1. The predicted octanol–water partition coefficient (Wildman–Crippen LogP) is 3.76. The van der Waals surface area contributed by atoms with Crippen LogP contribution in [0.4, 0.5) is 4.39 Å². The van der Waals surface area contributed by atoms with Gasteiger partial charge in [-0.15, -0.1) is 0 Å². The van der Waals surface area contributed by atoms with Gasteiger partial charge in [-0.2, -0.15) is 5.10 Å². The average molecular weight is 288 g/mol. The molecule has 112 valence electrons. The highest BCUT2D eigenvalue weighted by Gasteiger charge is 2.59. The minimum Gasteiger partial charge on any atom is -0.267 e. The van der Waals surface area contributed by atoms with E-state index in [2.05, 4.69) is 31.3 Å². The molecule has 0 heterocycles. The minimum atomic E-state index is -0.347. The van der Waals surface area contributed by atoms with Crippen LogP contribution < -0.4 is 5.43 Å². The van der Waals surface area contributed by atoms with E-state index < -0.39 is 0 Å². The number of nitrogens with zero attached hydrogens (tertiary/aromatic N) is 1. The third kappa shape index (κ3) is 2.08. The molecule has 2 aliphatic carbocycles. The molecule has 0 aliphatic heterocycles. The number of hydrogen-bond acceptors (Lipinski definition) is 2. The number of benzene rings is 1. The first-order chi connectivity index (χ1) is 9.84. The van der Waals surface area contributed by atoms with Crippen LogP contribution in [-0.4, -0.2) is 11.6 Å². The molecule has 0 aromatic heterocycles. The summed E-state index contributed by atoms with van der Waals surface area (Å²) in [5, 5.41) is 4.40. The highest BCUT2D eigenvalue weighted by molar-refractivity contribution is 5.98.